The Kier molecular flexibility index (Phi) is 3.80. The van der Waals surface area contributed by atoms with Gasteiger partial charge in [-0.1, -0.05) is 13.8 Å². The molecule has 0 aromatic carbocycles. The second-order valence-corrected chi connectivity index (χ2v) is 8.01. The molecule has 1 N–H and O–H groups in total. The molecule has 1 spiro atoms. The van der Waals surface area contributed by atoms with Crippen LogP contribution in [0.15, 0.2) is 0 Å². The van der Waals surface area contributed by atoms with Gasteiger partial charge in [-0.3, -0.25) is 0 Å². The van der Waals surface area contributed by atoms with Crippen molar-refractivity contribution in [3.8, 4) is 0 Å². The number of aliphatic hydroxyl groups is 1. The monoisotopic (exact) mass is 328 g/mol. The molecule has 0 amide bonds. The van der Waals surface area contributed by atoms with E-state index in [0.29, 0.717) is 11.8 Å². The van der Waals surface area contributed by atoms with E-state index in [2.05, 4.69) is 13.8 Å². The van der Waals surface area contributed by atoms with Gasteiger partial charge in [-0.25, -0.2) is 9.78 Å². The Morgan fingerprint density at radius 3 is 2.65 bits per heavy atom. The lowest BCUT2D eigenvalue weighted by molar-refractivity contribution is -0.578. The maximum atomic E-state index is 9.62. The molecule has 0 radical (unpaired) electrons. The minimum absolute atomic E-state index is 0.102. The van der Waals surface area contributed by atoms with Crippen molar-refractivity contribution in [1.82, 2.24) is 0 Å². The van der Waals surface area contributed by atoms with Gasteiger partial charge in [0.25, 0.3) is 0 Å². The van der Waals surface area contributed by atoms with Gasteiger partial charge in [-0.15, -0.1) is 0 Å². The largest absolute Gasteiger partial charge is 0.368 e. The summed E-state index contributed by atoms with van der Waals surface area (Å²) in [5.74, 6) is 0.462. The summed E-state index contributed by atoms with van der Waals surface area (Å²) in [6.45, 7) is 7.91. The average molecular weight is 328 g/mol. The fourth-order valence-corrected chi connectivity index (χ4v) is 5.22. The molecule has 1 saturated carbocycles. The standard InChI is InChI=1S/C17H28O6/c1-9-5-6-13-10(2)14(19-11(3)18)20-15-17(13)12(9)7-8-16(4,21-15)22-23-17/h9-15,18H,5-8H2,1-4H3/t9-,10-,11?,12+,13+,14?,15-,16+,17-/m1/s1. The molecular weight excluding hydrogens is 300 g/mol. The maximum absolute atomic E-state index is 9.62. The SMILES string of the molecule is CC(O)OC1O[C@@H]2O[C@]3(C)CC[C@H]4[C@H](C)CC[C@@H]([C@H]1C)[C@@]24OO3. The van der Waals surface area contributed by atoms with Crippen LogP contribution >= 0.6 is 0 Å². The molecule has 4 aliphatic heterocycles. The summed E-state index contributed by atoms with van der Waals surface area (Å²) in [4.78, 5) is 11.8. The fraction of sp³-hybridized carbons (Fsp3) is 1.00. The zero-order valence-corrected chi connectivity index (χ0v) is 14.4. The maximum Gasteiger partial charge on any atom is 0.201 e. The van der Waals surface area contributed by atoms with Crippen LogP contribution in [0.3, 0.4) is 0 Å². The van der Waals surface area contributed by atoms with Gasteiger partial charge in [0.2, 0.25) is 5.79 Å². The molecule has 23 heavy (non-hydrogen) atoms. The Hall–Kier alpha value is -0.240. The Balaban J connectivity index is 1.73. The fourth-order valence-electron chi connectivity index (χ4n) is 5.22. The summed E-state index contributed by atoms with van der Waals surface area (Å²) >= 11 is 0. The van der Waals surface area contributed by atoms with E-state index in [1.807, 2.05) is 6.92 Å². The minimum Gasteiger partial charge on any atom is -0.368 e. The van der Waals surface area contributed by atoms with Crippen LogP contribution < -0.4 is 0 Å². The van der Waals surface area contributed by atoms with Crippen LogP contribution in [0.5, 0.6) is 0 Å². The first-order valence-corrected chi connectivity index (χ1v) is 8.89. The zero-order chi connectivity index (χ0) is 16.4. The van der Waals surface area contributed by atoms with Crippen molar-refractivity contribution in [2.45, 2.75) is 83.6 Å². The van der Waals surface area contributed by atoms with Gasteiger partial charge in [-0.2, -0.15) is 0 Å². The molecule has 5 rings (SSSR count). The third-order valence-electron chi connectivity index (χ3n) is 6.43. The number of rotatable bonds is 2. The predicted octanol–water partition coefficient (Wildman–Crippen LogP) is 2.55. The molecule has 6 heteroatoms. The highest BCUT2D eigenvalue weighted by Crippen LogP contribution is 2.60. The van der Waals surface area contributed by atoms with Crippen LogP contribution in [0.1, 0.15) is 53.4 Å². The van der Waals surface area contributed by atoms with Gasteiger partial charge in [0.1, 0.15) is 0 Å². The summed E-state index contributed by atoms with van der Waals surface area (Å²) in [7, 11) is 0. The lowest BCUT2D eigenvalue weighted by Gasteiger charge is -2.60. The first-order chi connectivity index (χ1) is 10.9. The Labute approximate surface area is 137 Å². The van der Waals surface area contributed by atoms with E-state index >= 15 is 0 Å². The second kappa shape index (κ2) is 5.38. The van der Waals surface area contributed by atoms with Gasteiger partial charge in [0, 0.05) is 18.3 Å². The lowest BCUT2D eigenvalue weighted by atomic mass is 9.58. The molecule has 0 aromatic heterocycles. The lowest BCUT2D eigenvalue weighted by Crippen LogP contribution is -2.70. The molecule has 2 bridgehead atoms. The van der Waals surface area contributed by atoms with Crippen molar-refractivity contribution in [3.63, 3.8) is 0 Å². The summed E-state index contributed by atoms with van der Waals surface area (Å²) in [5.41, 5.74) is -0.564. The van der Waals surface area contributed by atoms with E-state index in [-0.39, 0.29) is 11.8 Å². The zero-order valence-electron chi connectivity index (χ0n) is 14.4. The van der Waals surface area contributed by atoms with Crippen LogP contribution in [0, 0.1) is 23.7 Å². The Morgan fingerprint density at radius 1 is 1.13 bits per heavy atom. The van der Waals surface area contributed by atoms with Gasteiger partial charge in [0.05, 0.1) is 0 Å². The molecule has 5 fully saturated rings. The minimum atomic E-state index is -0.870. The molecule has 6 nitrogen and oxygen atoms in total. The highest BCUT2D eigenvalue weighted by atomic mass is 17.3. The highest BCUT2D eigenvalue weighted by molar-refractivity contribution is 5.09. The van der Waals surface area contributed by atoms with Crippen LogP contribution in [0.4, 0.5) is 0 Å². The molecule has 4 heterocycles. The number of hydrogen-bond acceptors (Lipinski definition) is 6. The highest BCUT2D eigenvalue weighted by Gasteiger charge is 2.69. The Bertz CT molecular complexity index is 470. The molecule has 4 saturated heterocycles. The molecule has 9 atom stereocenters. The van der Waals surface area contributed by atoms with Crippen LogP contribution in [0.25, 0.3) is 0 Å². The second-order valence-electron chi connectivity index (χ2n) is 8.01. The number of ether oxygens (including phenoxy) is 3. The molecule has 2 unspecified atom stereocenters. The summed E-state index contributed by atoms with van der Waals surface area (Å²) < 4.78 is 18.0. The van der Waals surface area contributed by atoms with Crippen molar-refractivity contribution < 1.29 is 29.1 Å². The summed E-state index contributed by atoms with van der Waals surface area (Å²) in [5, 5.41) is 9.62. The van der Waals surface area contributed by atoms with Crippen molar-refractivity contribution in [1.29, 1.82) is 0 Å². The van der Waals surface area contributed by atoms with Gasteiger partial charge in [-0.05, 0) is 44.9 Å². The van der Waals surface area contributed by atoms with Crippen LogP contribution in [0.2, 0.25) is 0 Å². The quantitative estimate of drug-likeness (QED) is 0.621. The van der Waals surface area contributed by atoms with E-state index in [0.717, 1.165) is 25.7 Å². The first-order valence-electron chi connectivity index (χ1n) is 8.89. The normalized spacial score (nSPS) is 56.7. The third-order valence-corrected chi connectivity index (χ3v) is 6.43. The topological polar surface area (TPSA) is 66.4 Å². The molecule has 5 aliphatic rings. The average Bonchev–Trinajstić information content (AvgIpc) is 2.70. The number of hydrogen-bond donors (Lipinski definition) is 1. The predicted molar refractivity (Wildman–Crippen MR) is 79.6 cm³/mol. The van der Waals surface area contributed by atoms with E-state index < -0.39 is 30.3 Å². The van der Waals surface area contributed by atoms with Crippen LogP contribution in [-0.4, -0.2) is 35.4 Å². The van der Waals surface area contributed by atoms with Crippen molar-refractivity contribution in [2.75, 3.05) is 0 Å². The van der Waals surface area contributed by atoms with Gasteiger partial charge in [0.15, 0.2) is 24.5 Å². The van der Waals surface area contributed by atoms with Crippen molar-refractivity contribution in [2.24, 2.45) is 23.7 Å². The smallest absolute Gasteiger partial charge is 0.201 e. The van der Waals surface area contributed by atoms with Crippen molar-refractivity contribution >= 4 is 0 Å². The van der Waals surface area contributed by atoms with Crippen molar-refractivity contribution in [3.05, 3.63) is 0 Å². The first kappa shape index (κ1) is 16.2. The molecule has 132 valence electrons. The summed E-state index contributed by atoms with van der Waals surface area (Å²) in [6.07, 6.45) is 2.13. The third kappa shape index (κ3) is 2.30. The molecule has 1 aliphatic carbocycles. The number of aliphatic hydroxyl groups excluding tert-OH is 1. The van der Waals surface area contributed by atoms with Gasteiger partial charge >= 0.3 is 0 Å². The van der Waals surface area contributed by atoms with E-state index in [1.54, 1.807) is 6.92 Å². The van der Waals surface area contributed by atoms with Crippen LogP contribution in [-0.2, 0) is 24.0 Å². The molecule has 0 aromatic rings. The van der Waals surface area contributed by atoms with E-state index in [9.17, 15) is 5.11 Å². The summed E-state index contributed by atoms with van der Waals surface area (Å²) in [6, 6.07) is 0. The number of fused-ring (bicyclic) bond motifs is 2. The van der Waals surface area contributed by atoms with E-state index in [4.69, 9.17) is 24.0 Å². The molecular formula is C17H28O6. The van der Waals surface area contributed by atoms with E-state index in [1.165, 1.54) is 0 Å². The Morgan fingerprint density at radius 2 is 1.91 bits per heavy atom. The van der Waals surface area contributed by atoms with Gasteiger partial charge < -0.3 is 19.3 Å².